The SMILES string of the molecule is COc1ccc(/C=C/C(=O)c2ccc(OC(F)F)c(OC)c2)cc1CSc1nc(C(F)(F)F)cc(-c2ccccc2)c1C#N. The predicted octanol–water partition coefficient (Wildman–Crippen LogP) is 8.45. The van der Waals surface area contributed by atoms with E-state index in [1.54, 1.807) is 48.5 Å². The number of carbonyl (C=O) groups excluding carboxylic acids is 1. The minimum absolute atomic E-state index is 0.00945. The maximum atomic E-state index is 13.8. The fraction of sp³-hybridized carbons (Fsp3) is 0.156. The number of thioether (sulfide) groups is 1. The molecule has 1 heterocycles. The molecule has 0 aliphatic rings. The lowest BCUT2D eigenvalue weighted by atomic mass is 10.0. The minimum atomic E-state index is -4.73. The molecule has 0 atom stereocenters. The third kappa shape index (κ3) is 7.73. The van der Waals surface area contributed by atoms with E-state index >= 15 is 0 Å². The van der Waals surface area contributed by atoms with Gasteiger partial charge in [0.25, 0.3) is 0 Å². The Morgan fingerprint density at radius 3 is 2.32 bits per heavy atom. The molecule has 0 bridgehead atoms. The Bertz CT molecular complexity index is 1720. The fourth-order valence-electron chi connectivity index (χ4n) is 4.17. The van der Waals surface area contributed by atoms with Crippen molar-refractivity contribution in [3.05, 3.63) is 107 Å². The first-order chi connectivity index (χ1) is 21.0. The molecule has 3 aromatic carbocycles. The first-order valence-corrected chi connectivity index (χ1v) is 13.7. The average molecular weight is 627 g/mol. The number of pyridine rings is 1. The smallest absolute Gasteiger partial charge is 0.433 e. The number of carbonyl (C=O) groups is 1. The number of rotatable bonds is 11. The second-order valence-electron chi connectivity index (χ2n) is 9.01. The first-order valence-electron chi connectivity index (χ1n) is 12.8. The lowest BCUT2D eigenvalue weighted by Gasteiger charge is -2.15. The van der Waals surface area contributed by atoms with Crippen molar-refractivity contribution in [1.82, 2.24) is 4.98 Å². The molecule has 0 saturated carbocycles. The Kier molecular flexibility index (Phi) is 10.2. The van der Waals surface area contributed by atoms with Crippen LogP contribution in [0.15, 0.2) is 83.9 Å². The van der Waals surface area contributed by atoms with Gasteiger partial charge in [-0.15, -0.1) is 11.8 Å². The Labute approximate surface area is 253 Å². The number of nitriles is 1. The van der Waals surface area contributed by atoms with Crippen molar-refractivity contribution in [3.63, 3.8) is 0 Å². The zero-order valence-corrected chi connectivity index (χ0v) is 24.0. The Morgan fingerprint density at radius 2 is 1.68 bits per heavy atom. The third-order valence-electron chi connectivity index (χ3n) is 6.23. The average Bonchev–Trinajstić information content (AvgIpc) is 3.02. The van der Waals surface area contributed by atoms with Crippen LogP contribution in [-0.2, 0) is 11.9 Å². The van der Waals surface area contributed by atoms with Crippen molar-refractivity contribution in [2.24, 2.45) is 0 Å². The number of nitrogens with zero attached hydrogens (tertiary/aromatic N) is 2. The molecule has 4 aromatic rings. The highest BCUT2D eigenvalue weighted by Crippen LogP contribution is 2.38. The fourth-order valence-corrected chi connectivity index (χ4v) is 5.15. The molecule has 0 spiro atoms. The van der Waals surface area contributed by atoms with Crippen LogP contribution in [0.2, 0.25) is 0 Å². The molecule has 0 unspecified atom stereocenters. The number of aromatic nitrogens is 1. The summed E-state index contributed by atoms with van der Waals surface area (Å²) < 4.78 is 81.4. The zero-order chi connectivity index (χ0) is 31.9. The van der Waals surface area contributed by atoms with Gasteiger partial charge in [0.2, 0.25) is 0 Å². The lowest BCUT2D eigenvalue weighted by Crippen LogP contribution is -2.10. The molecule has 0 N–H and O–H groups in total. The van der Waals surface area contributed by atoms with Crippen LogP contribution in [-0.4, -0.2) is 31.6 Å². The Balaban J connectivity index is 1.61. The van der Waals surface area contributed by atoms with Gasteiger partial charge in [-0.05, 0) is 53.6 Å². The van der Waals surface area contributed by atoms with Gasteiger partial charge in [0.05, 0.1) is 19.8 Å². The second-order valence-corrected chi connectivity index (χ2v) is 9.98. The summed E-state index contributed by atoms with van der Waals surface area (Å²) in [4.78, 5) is 16.6. The second kappa shape index (κ2) is 14.1. The predicted molar refractivity (Wildman–Crippen MR) is 155 cm³/mol. The number of alkyl halides is 5. The summed E-state index contributed by atoms with van der Waals surface area (Å²) in [5, 5.41) is 9.81. The van der Waals surface area contributed by atoms with Crippen LogP contribution in [0, 0.1) is 11.3 Å². The van der Waals surface area contributed by atoms with Crippen molar-refractivity contribution in [2.75, 3.05) is 14.2 Å². The monoisotopic (exact) mass is 626 g/mol. The quantitative estimate of drug-likeness (QED) is 0.0715. The van der Waals surface area contributed by atoms with Crippen LogP contribution in [0.4, 0.5) is 22.0 Å². The molecule has 1 aromatic heterocycles. The highest BCUT2D eigenvalue weighted by molar-refractivity contribution is 7.98. The maximum absolute atomic E-state index is 13.8. The summed E-state index contributed by atoms with van der Waals surface area (Å²) in [5.41, 5.74) is 0.763. The third-order valence-corrected chi connectivity index (χ3v) is 7.26. The van der Waals surface area contributed by atoms with Crippen LogP contribution in [0.1, 0.15) is 32.7 Å². The number of hydrogen-bond donors (Lipinski definition) is 0. The highest BCUT2D eigenvalue weighted by atomic mass is 32.2. The van der Waals surface area contributed by atoms with Crippen LogP contribution >= 0.6 is 11.8 Å². The molecule has 6 nitrogen and oxygen atoms in total. The van der Waals surface area contributed by atoms with Crippen LogP contribution < -0.4 is 14.2 Å². The summed E-state index contributed by atoms with van der Waals surface area (Å²) in [6.45, 7) is -3.06. The summed E-state index contributed by atoms with van der Waals surface area (Å²) in [7, 11) is 2.69. The number of ether oxygens (including phenoxy) is 3. The van der Waals surface area contributed by atoms with E-state index in [1.807, 2.05) is 6.07 Å². The van der Waals surface area contributed by atoms with E-state index < -0.39 is 24.3 Å². The number of methoxy groups -OCH3 is 2. The highest BCUT2D eigenvalue weighted by Gasteiger charge is 2.34. The van der Waals surface area contributed by atoms with Gasteiger partial charge in [0.1, 0.15) is 22.5 Å². The van der Waals surface area contributed by atoms with Crippen LogP contribution in [0.25, 0.3) is 17.2 Å². The van der Waals surface area contributed by atoms with Crippen molar-refractivity contribution >= 4 is 23.6 Å². The van der Waals surface area contributed by atoms with Crippen LogP contribution in [0.3, 0.4) is 0 Å². The topological polar surface area (TPSA) is 81.4 Å². The van der Waals surface area contributed by atoms with Crippen molar-refractivity contribution in [2.45, 2.75) is 23.6 Å². The number of hydrogen-bond acceptors (Lipinski definition) is 7. The standard InChI is InChI=1S/C32H23F5N2O4S/c1-41-26-12-9-19(8-11-25(40)21-10-13-27(43-31(33)34)28(15-21)42-2)14-22(26)18-44-30-24(17-38)23(20-6-4-3-5-7-20)16-29(39-30)32(35,36)37/h3-16,31H,18H2,1-2H3/b11-8+. The van der Waals surface area contributed by atoms with Gasteiger partial charge >= 0.3 is 12.8 Å². The van der Waals surface area contributed by atoms with E-state index in [0.717, 1.165) is 17.8 Å². The molecular weight excluding hydrogens is 603 g/mol. The summed E-state index contributed by atoms with van der Waals surface area (Å²) in [6, 6.07) is 20.0. The van der Waals surface area contributed by atoms with E-state index in [2.05, 4.69) is 9.72 Å². The normalized spacial score (nSPS) is 11.4. The molecule has 44 heavy (non-hydrogen) atoms. The molecule has 0 amide bonds. The Hall–Kier alpha value is -4.89. The summed E-state index contributed by atoms with van der Waals surface area (Å²) >= 11 is 0.949. The molecule has 0 aliphatic carbocycles. The van der Waals surface area contributed by atoms with E-state index in [9.17, 15) is 32.0 Å². The summed E-state index contributed by atoms with van der Waals surface area (Å²) in [5.74, 6) is -0.165. The summed E-state index contributed by atoms with van der Waals surface area (Å²) in [6.07, 6.45) is -1.94. The van der Waals surface area contributed by atoms with Crippen molar-refractivity contribution in [1.29, 1.82) is 5.26 Å². The maximum Gasteiger partial charge on any atom is 0.433 e. The molecule has 4 rings (SSSR count). The van der Waals surface area contributed by atoms with Gasteiger partial charge in [-0.1, -0.05) is 42.5 Å². The van der Waals surface area contributed by atoms with E-state index in [1.165, 1.54) is 44.6 Å². The minimum Gasteiger partial charge on any atom is -0.496 e. The molecule has 12 heteroatoms. The van der Waals surface area contributed by atoms with E-state index in [4.69, 9.17) is 9.47 Å². The molecule has 0 radical (unpaired) electrons. The lowest BCUT2D eigenvalue weighted by molar-refractivity contribution is -0.141. The van der Waals surface area contributed by atoms with Gasteiger partial charge in [-0.2, -0.15) is 27.2 Å². The number of benzene rings is 3. The number of ketones is 1. The number of halogens is 5. The van der Waals surface area contributed by atoms with Crippen molar-refractivity contribution in [3.8, 4) is 34.4 Å². The molecule has 0 aliphatic heterocycles. The Morgan fingerprint density at radius 1 is 0.977 bits per heavy atom. The van der Waals surface area contributed by atoms with Gasteiger partial charge in [0.15, 0.2) is 17.3 Å². The van der Waals surface area contributed by atoms with Gasteiger partial charge in [0, 0.05) is 22.4 Å². The van der Waals surface area contributed by atoms with E-state index in [-0.39, 0.29) is 39.0 Å². The van der Waals surface area contributed by atoms with Gasteiger partial charge < -0.3 is 14.2 Å². The van der Waals surface area contributed by atoms with Crippen molar-refractivity contribution < 1.29 is 41.0 Å². The number of allylic oxidation sites excluding steroid dienone is 1. The van der Waals surface area contributed by atoms with Gasteiger partial charge in [-0.25, -0.2) is 4.98 Å². The molecule has 0 fully saturated rings. The van der Waals surface area contributed by atoms with Crippen LogP contribution in [0.5, 0.6) is 17.2 Å². The largest absolute Gasteiger partial charge is 0.496 e. The van der Waals surface area contributed by atoms with E-state index in [0.29, 0.717) is 22.4 Å². The zero-order valence-electron chi connectivity index (χ0n) is 23.2. The first kappa shape index (κ1) is 32.0. The molecule has 226 valence electrons. The molecule has 0 saturated heterocycles. The molecular formula is C32H23F5N2O4S. The van der Waals surface area contributed by atoms with Gasteiger partial charge in [-0.3, -0.25) is 4.79 Å².